The summed E-state index contributed by atoms with van der Waals surface area (Å²) in [5.41, 5.74) is 2.93. The Balaban J connectivity index is 1.55. The summed E-state index contributed by atoms with van der Waals surface area (Å²) in [6.45, 7) is 2.99. The van der Waals surface area contributed by atoms with Crippen molar-refractivity contribution in [1.82, 2.24) is 4.31 Å². The molecule has 0 atom stereocenters. The molecule has 28 heavy (non-hydrogen) atoms. The van der Waals surface area contributed by atoms with E-state index in [0.29, 0.717) is 25.9 Å². The molecule has 0 aromatic heterocycles. The van der Waals surface area contributed by atoms with Gasteiger partial charge < -0.3 is 4.74 Å². The zero-order chi connectivity index (χ0) is 19.9. The lowest BCUT2D eigenvalue weighted by Gasteiger charge is -2.40. The first-order valence-electron chi connectivity index (χ1n) is 9.18. The van der Waals surface area contributed by atoms with E-state index in [-0.39, 0.29) is 23.6 Å². The molecule has 0 bridgehead atoms. The average Bonchev–Trinajstić information content (AvgIpc) is 2.69. The molecule has 0 aliphatic carbocycles. The standard InChI is InChI=1S/C20H21BrN2O4S/c1-14-4-2-5-15-13-27-20(24)23(19(14)15)17-8-10-22(11-9-17)28(25,26)18-7-3-6-16(21)12-18/h2-7,12,17H,8-11,13H2,1H3. The number of benzene rings is 2. The van der Waals surface area contributed by atoms with Crippen LogP contribution in [0.4, 0.5) is 10.5 Å². The summed E-state index contributed by atoms with van der Waals surface area (Å²) in [6.07, 6.45) is 0.779. The Morgan fingerprint density at radius 3 is 2.54 bits per heavy atom. The van der Waals surface area contributed by atoms with Gasteiger partial charge in [-0.25, -0.2) is 13.2 Å². The summed E-state index contributed by atoms with van der Waals surface area (Å²) in [7, 11) is -3.55. The number of rotatable bonds is 3. The first-order chi connectivity index (χ1) is 13.4. The van der Waals surface area contributed by atoms with Crippen LogP contribution in [0, 0.1) is 6.92 Å². The number of ether oxygens (including phenoxy) is 1. The molecule has 1 amide bonds. The van der Waals surface area contributed by atoms with E-state index in [1.165, 1.54) is 4.31 Å². The normalized spacial score (nSPS) is 18.6. The molecule has 2 aromatic carbocycles. The summed E-state index contributed by atoms with van der Waals surface area (Å²) >= 11 is 3.33. The van der Waals surface area contributed by atoms with Crippen molar-refractivity contribution in [2.24, 2.45) is 0 Å². The van der Waals surface area contributed by atoms with Gasteiger partial charge in [0.05, 0.1) is 10.6 Å². The number of halogens is 1. The molecular formula is C20H21BrN2O4S. The van der Waals surface area contributed by atoms with Crippen molar-refractivity contribution >= 4 is 37.7 Å². The number of cyclic esters (lactones) is 1. The fraction of sp³-hybridized carbons (Fsp3) is 0.350. The van der Waals surface area contributed by atoms with Crippen molar-refractivity contribution in [3.8, 4) is 0 Å². The molecule has 6 nitrogen and oxygen atoms in total. The minimum atomic E-state index is -3.55. The van der Waals surface area contributed by atoms with Crippen molar-refractivity contribution < 1.29 is 17.9 Å². The lowest BCUT2D eigenvalue weighted by Crippen LogP contribution is -2.50. The topological polar surface area (TPSA) is 66.9 Å². The van der Waals surface area contributed by atoms with Gasteiger partial charge in [-0.2, -0.15) is 4.31 Å². The van der Waals surface area contributed by atoms with E-state index in [2.05, 4.69) is 15.9 Å². The van der Waals surface area contributed by atoms with Gasteiger partial charge in [-0.1, -0.05) is 40.2 Å². The van der Waals surface area contributed by atoms with Gasteiger partial charge in [0.1, 0.15) is 6.61 Å². The fourth-order valence-corrected chi connectivity index (χ4v) is 6.00. The molecule has 1 fully saturated rings. The first kappa shape index (κ1) is 19.4. The number of para-hydroxylation sites is 1. The number of hydrogen-bond acceptors (Lipinski definition) is 4. The number of carbonyl (C=O) groups is 1. The zero-order valence-corrected chi connectivity index (χ0v) is 17.9. The van der Waals surface area contributed by atoms with Gasteiger partial charge in [0.15, 0.2) is 0 Å². The van der Waals surface area contributed by atoms with Gasteiger partial charge in [-0.3, -0.25) is 4.90 Å². The number of fused-ring (bicyclic) bond motifs is 1. The predicted molar refractivity (Wildman–Crippen MR) is 110 cm³/mol. The van der Waals surface area contributed by atoms with Crippen LogP contribution in [0.2, 0.25) is 0 Å². The third-order valence-electron chi connectivity index (χ3n) is 5.33. The highest BCUT2D eigenvalue weighted by atomic mass is 79.9. The maximum atomic E-state index is 12.9. The molecular weight excluding hydrogens is 444 g/mol. The van der Waals surface area contributed by atoms with Crippen LogP contribution in [-0.2, 0) is 21.4 Å². The predicted octanol–water partition coefficient (Wildman–Crippen LogP) is 4.07. The van der Waals surface area contributed by atoms with Crippen LogP contribution in [-0.4, -0.2) is 37.9 Å². The van der Waals surface area contributed by atoms with Gasteiger partial charge >= 0.3 is 6.09 Å². The summed E-state index contributed by atoms with van der Waals surface area (Å²) in [5, 5.41) is 0. The summed E-state index contributed by atoms with van der Waals surface area (Å²) < 4.78 is 33.5. The Morgan fingerprint density at radius 1 is 1.11 bits per heavy atom. The maximum absolute atomic E-state index is 12.9. The van der Waals surface area contributed by atoms with E-state index in [1.807, 2.05) is 25.1 Å². The van der Waals surface area contributed by atoms with Crippen LogP contribution in [0.5, 0.6) is 0 Å². The highest BCUT2D eigenvalue weighted by Gasteiger charge is 2.37. The molecule has 2 aliphatic heterocycles. The Kier molecular flexibility index (Phi) is 5.20. The molecule has 8 heteroatoms. The Labute approximate surface area is 173 Å². The number of piperidine rings is 1. The number of amides is 1. The van der Waals surface area contributed by atoms with E-state index in [9.17, 15) is 13.2 Å². The molecule has 2 aliphatic rings. The van der Waals surface area contributed by atoms with Gasteiger partial charge in [-0.15, -0.1) is 0 Å². The Morgan fingerprint density at radius 2 is 1.82 bits per heavy atom. The van der Waals surface area contributed by atoms with Crippen molar-refractivity contribution in [3.63, 3.8) is 0 Å². The van der Waals surface area contributed by atoms with Gasteiger partial charge in [-0.05, 0) is 43.5 Å². The van der Waals surface area contributed by atoms with Gasteiger partial charge in [0.2, 0.25) is 10.0 Å². The van der Waals surface area contributed by atoms with E-state index in [0.717, 1.165) is 21.3 Å². The van der Waals surface area contributed by atoms with Crippen molar-refractivity contribution in [1.29, 1.82) is 0 Å². The summed E-state index contributed by atoms with van der Waals surface area (Å²) in [5.74, 6) is 0. The second-order valence-electron chi connectivity index (χ2n) is 7.10. The molecule has 0 radical (unpaired) electrons. The molecule has 2 aromatic rings. The zero-order valence-electron chi connectivity index (χ0n) is 15.5. The van der Waals surface area contributed by atoms with E-state index in [4.69, 9.17) is 4.74 Å². The Hall–Kier alpha value is -1.90. The van der Waals surface area contributed by atoms with Crippen LogP contribution >= 0.6 is 15.9 Å². The third kappa shape index (κ3) is 3.44. The molecule has 0 saturated carbocycles. The van der Waals surface area contributed by atoms with Crippen LogP contribution in [0.3, 0.4) is 0 Å². The number of carbonyl (C=O) groups excluding carboxylic acids is 1. The number of nitrogens with zero attached hydrogens (tertiary/aromatic N) is 2. The van der Waals surface area contributed by atoms with Crippen molar-refractivity contribution in [2.75, 3.05) is 18.0 Å². The highest BCUT2D eigenvalue weighted by molar-refractivity contribution is 9.10. The fourth-order valence-electron chi connectivity index (χ4n) is 3.93. The summed E-state index contributed by atoms with van der Waals surface area (Å²) in [4.78, 5) is 14.5. The average molecular weight is 465 g/mol. The number of aryl methyl sites for hydroxylation is 1. The SMILES string of the molecule is Cc1cccc2c1N(C1CCN(S(=O)(=O)c3cccc(Br)c3)CC1)C(=O)OC2. The largest absolute Gasteiger partial charge is 0.444 e. The Bertz CT molecular complexity index is 1020. The van der Waals surface area contributed by atoms with E-state index in [1.54, 1.807) is 29.2 Å². The molecule has 0 spiro atoms. The minimum Gasteiger partial charge on any atom is -0.444 e. The number of sulfonamides is 1. The number of hydrogen-bond donors (Lipinski definition) is 0. The second-order valence-corrected chi connectivity index (χ2v) is 9.95. The summed E-state index contributed by atoms with van der Waals surface area (Å²) in [6, 6.07) is 12.6. The molecule has 1 saturated heterocycles. The molecule has 148 valence electrons. The van der Waals surface area contributed by atoms with Gasteiger partial charge in [0.25, 0.3) is 0 Å². The van der Waals surface area contributed by atoms with Crippen molar-refractivity contribution in [3.05, 3.63) is 58.1 Å². The molecule has 0 N–H and O–H groups in total. The van der Waals surface area contributed by atoms with E-state index >= 15 is 0 Å². The molecule has 2 heterocycles. The second kappa shape index (κ2) is 7.50. The molecule has 4 rings (SSSR count). The lowest BCUT2D eigenvalue weighted by molar-refractivity contribution is 0.135. The maximum Gasteiger partial charge on any atom is 0.414 e. The lowest BCUT2D eigenvalue weighted by atomic mass is 10.00. The van der Waals surface area contributed by atoms with Crippen LogP contribution in [0.15, 0.2) is 51.8 Å². The smallest absolute Gasteiger partial charge is 0.414 e. The highest BCUT2D eigenvalue weighted by Crippen LogP contribution is 2.35. The van der Waals surface area contributed by atoms with Gasteiger partial charge in [0, 0.05) is 29.2 Å². The van der Waals surface area contributed by atoms with Crippen molar-refractivity contribution in [2.45, 2.75) is 37.3 Å². The van der Waals surface area contributed by atoms with Crippen LogP contribution in [0.1, 0.15) is 24.0 Å². The monoisotopic (exact) mass is 464 g/mol. The minimum absolute atomic E-state index is 0.0818. The molecule has 0 unspecified atom stereocenters. The first-order valence-corrected chi connectivity index (χ1v) is 11.4. The van der Waals surface area contributed by atoms with Crippen LogP contribution < -0.4 is 4.90 Å². The number of anilines is 1. The van der Waals surface area contributed by atoms with Crippen LogP contribution in [0.25, 0.3) is 0 Å². The quantitative estimate of drug-likeness (QED) is 0.686. The van der Waals surface area contributed by atoms with E-state index < -0.39 is 10.0 Å². The third-order valence-corrected chi connectivity index (χ3v) is 7.72.